The molecule has 0 aliphatic carbocycles. The van der Waals surface area contributed by atoms with Crippen molar-refractivity contribution < 1.29 is 9.63 Å². The van der Waals surface area contributed by atoms with Crippen LogP contribution in [0, 0.1) is 0 Å². The smallest absolute Gasteiger partial charge is 0.319 e. The number of hydrogen-bond acceptors (Lipinski definition) is 4. The van der Waals surface area contributed by atoms with E-state index in [9.17, 15) is 4.79 Å². The maximum Gasteiger partial charge on any atom is 0.331 e. The summed E-state index contributed by atoms with van der Waals surface area (Å²) >= 11 is 0. The molecule has 1 aromatic rings. The molecule has 0 unspecified atom stereocenters. The zero-order chi connectivity index (χ0) is 8.81. The van der Waals surface area contributed by atoms with Crippen molar-refractivity contribution in [3.05, 3.63) is 30.1 Å². The monoisotopic (exact) mass is 164 g/mol. The van der Waals surface area contributed by atoms with Crippen molar-refractivity contribution in [3.8, 4) is 0 Å². The summed E-state index contributed by atoms with van der Waals surface area (Å²) in [6.07, 6.45) is 4.70. The molecule has 0 radical (unpaired) electrons. The lowest BCUT2D eigenvalue weighted by molar-refractivity contribution is -0.140. The van der Waals surface area contributed by atoms with Gasteiger partial charge < -0.3 is 4.84 Å². The molecular formula is C8H8N2O2. The first-order chi connectivity index (χ1) is 5.79. The Hall–Kier alpha value is -1.71. The molecule has 1 heterocycles. The van der Waals surface area contributed by atoms with Crippen LogP contribution in [0.1, 0.15) is 12.5 Å². The van der Waals surface area contributed by atoms with Crippen LogP contribution < -0.4 is 0 Å². The molecule has 0 spiro atoms. The van der Waals surface area contributed by atoms with Crippen LogP contribution in [0.5, 0.6) is 0 Å². The highest BCUT2D eigenvalue weighted by molar-refractivity contribution is 5.79. The van der Waals surface area contributed by atoms with E-state index in [0.29, 0.717) is 0 Å². The Bertz CT molecular complexity index is 282. The van der Waals surface area contributed by atoms with Crippen molar-refractivity contribution in [3.63, 3.8) is 0 Å². The number of oxime groups is 1. The molecular weight excluding hydrogens is 156 g/mol. The molecule has 0 aliphatic heterocycles. The number of aromatic nitrogens is 1. The van der Waals surface area contributed by atoms with Crippen LogP contribution in [-0.4, -0.2) is 17.2 Å². The first-order valence-corrected chi connectivity index (χ1v) is 3.40. The van der Waals surface area contributed by atoms with Gasteiger partial charge in [-0.3, -0.25) is 4.98 Å². The zero-order valence-corrected chi connectivity index (χ0v) is 6.60. The Balaban J connectivity index is 2.52. The van der Waals surface area contributed by atoms with Crippen LogP contribution in [0.2, 0.25) is 0 Å². The van der Waals surface area contributed by atoms with E-state index in [4.69, 9.17) is 0 Å². The quantitative estimate of drug-likeness (QED) is 0.372. The zero-order valence-electron chi connectivity index (χ0n) is 6.60. The standard InChI is InChI=1S/C8H8N2O2/c1-7(11)12-10-6-8-3-2-4-9-5-8/h2-6H,1H3/b10-6+. The third-order valence-electron chi connectivity index (χ3n) is 1.07. The minimum atomic E-state index is -0.435. The number of carbonyl (C=O) groups is 1. The van der Waals surface area contributed by atoms with Crippen LogP contribution in [0.3, 0.4) is 0 Å². The average molecular weight is 164 g/mol. The second-order valence-electron chi connectivity index (χ2n) is 2.10. The van der Waals surface area contributed by atoms with E-state index < -0.39 is 5.97 Å². The van der Waals surface area contributed by atoms with Gasteiger partial charge in [0.05, 0.1) is 6.21 Å². The normalized spacial score (nSPS) is 10.1. The maximum atomic E-state index is 10.3. The summed E-state index contributed by atoms with van der Waals surface area (Å²) in [6, 6.07) is 3.58. The SMILES string of the molecule is CC(=O)O/N=C/c1cccnc1. The second kappa shape index (κ2) is 4.23. The summed E-state index contributed by atoms with van der Waals surface area (Å²) in [7, 11) is 0. The number of rotatable bonds is 2. The fourth-order valence-electron chi connectivity index (χ4n) is 0.614. The van der Waals surface area contributed by atoms with Crippen molar-refractivity contribution in [1.82, 2.24) is 4.98 Å². The van der Waals surface area contributed by atoms with Crippen LogP contribution in [0.25, 0.3) is 0 Å². The summed E-state index contributed by atoms with van der Waals surface area (Å²) in [6.45, 7) is 1.29. The Morgan fingerprint density at radius 3 is 3.17 bits per heavy atom. The summed E-state index contributed by atoms with van der Waals surface area (Å²) in [5, 5.41) is 3.43. The fraction of sp³-hybridized carbons (Fsp3) is 0.125. The lowest BCUT2D eigenvalue weighted by atomic mass is 10.3. The van der Waals surface area contributed by atoms with Gasteiger partial charge in [-0.05, 0) is 6.07 Å². The first-order valence-electron chi connectivity index (χ1n) is 3.40. The summed E-state index contributed by atoms with van der Waals surface area (Å²) in [5.41, 5.74) is 0.791. The lowest BCUT2D eigenvalue weighted by Crippen LogP contribution is -1.91. The highest BCUT2D eigenvalue weighted by atomic mass is 16.7. The Kier molecular flexibility index (Phi) is 2.95. The molecule has 0 amide bonds. The largest absolute Gasteiger partial charge is 0.331 e. The van der Waals surface area contributed by atoms with Crippen LogP contribution >= 0.6 is 0 Å². The van der Waals surface area contributed by atoms with Crippen LogP contribution in [0.15, 0.2) is 29.7 Å². The molecule has 12 heavy (non-hydrogen) atoms. The molecule has 1 rings (SSSR count). The highest BCUT2D eigenvalue weighted by Gasteiger charge is 1.87. The van der Waals surface area contributed by atoms with Crippen molar-refractivity contribution >= 4 is 12.2 Å². The van der Waals surface area contributed by atoms with Gasteiger partial charge in [0.1, 0.15) is 0 Å². The molecule has 0 atom stereocenters. The van der Waals surface area contributed by atoms with Gasteiger partial charge in [-0.25, -0.2) is 4.79 Å². The van der Waals surface area contributed by atoms with E-state index in [1.165, 1.54) is 13.1 Å². The minimum absolute atomic E-state index is 0.435. The molecule has 4 nitrogen and oxygen atoms in total. The van der Waals surface area contributed by atoms with Gasteiger partial charge in [0.15, 0.2) is 0 Å². The van der Waals surface area contributed by atoms with Gasteiger partial charge in [0, 0.05) is 24.9 Å². The van der Waals surface area contributed by atoms with E-state index in [-0.39, 0.29) is 0 Å². The van der Waals surface area contributed by atoms with Gasteiger partial charge in [-0.1, -0.05) is 11.2 Å². The van der Waals surface area contributed by atoms with E-state index in [2.05, 4.69) is 15.0 Å². The van der Waals surface area contributed by atoms with E-state index in [0.717, 1.165) is 5.56 Å². The molecule has 0 saturated carbocycles. The molecule has 0 aliphatic rings. The minimum Gasteiger partial charge on any atom is -0.319 e. The fourth-order valence-corrected chi connectivity index (χ4v) is 0.614. The summed E-state index contributed by atoms with van der Waals surface area (Å²) in [5.74, 6) is -0.435. The van der Waals surface area contributed by atoms with Gasteiger partial charge in [-0.2, -0.15) is 0 Å². The lowest BCUT2D eigenvalue weighted by Gasteiger charge is -1.89. The van der Waals surface area contributed by atoms with Crippen molar-refractivity contribution in [2.24, 2.45) is 5.16 Å². The van der Waals surface area contributed by atoms with Gasteiger partial charge in [-0.15, -0.1) is 0 Å². The third kappa shape index (κ3) is 2.92. The molecule has 0 N–H and O–H groups in total. The molecule has 0 fully saturated rings. The van der Waals surface area contributed by atoms with E-state index in [1.807, 2.05) is 0 Å². The number of pyridine rings is 1. The van der Waals surface area contributed by atoms with Gasteiger partial charge >= 0.3 is 5.97 Å². The predicted molar refractivity (Wildman–Crippen MR) is 43.6 cm³/mol. The molecule has 0 saturated heterocycles. The summed E-state index contributed by atoms with van der Waals surface area (Å²) < 4.78 is 0. The maximum absolute atomic E-state index is 10.3. The summed E-state index contributed by atoms with van der Waals surface area (Å²) in [4.78, 5) is 18.5. The molecule has 0 bridgehead atoms. The Labute approximate surface area is 69.9 Å². The average Bonchev–Trinajstić information content (AvgIpc) is 2.05. The number of carbonyl (C=O) groups excluding carboxylic acids is 1. The Morgan fingerprint density at radius 1 is 1.75 bits per heavy atom. The van der Waals surface area contributed by atoms with Crippen LogP contribution in [0.4, 0.5) is 0 Å². The van der Waals surface area contributed by atoms with E-state index >= 15 is 0 Å². The third-order valence-corrected chi connectivity index (χ3v) is 1.07. The second-order valence-corrected chi connectivity index (χ2v) is 2.10. The highest BCUT2D eigenvalue weighted by Crippen LogP contribution is 1.90. The van der Waals surface area contributed by atoms with Gasteiger partial charge in [0.2, 0.25) is 0 Å². The number of nitrogens with zero attached hydrogens (tertiary/aromatic N) is 2. The Morgan fingerprint density at radius 2 is 2.58 bits per heavy atom. The van der Waals surface area contributed by atoms with Crippen LogP contribution in [-0.2, 0) is 9.63 Å². The number of hydrogen-bond donors (Lipinski definition) is 0. The molecule has 1 aromatic heterocycles. The van der Waals surface area contributed by atoms with Gasteiger partial charge in [0.25, 0.3) is 0 Å². The topological polar surface area (TPSA) is 51.5 Å². The van der Waals surface area contributed by atoms with Crippen molar-refractivity contribution in [2.45, 2.75) is 6.92 Å². The first kappa shape index (κ1) is 8.39. The molecule has 0 aromatic carbocycles. The van der Waals surface area contributed by atoms with Crippen molar-refractivity contribution in [1.29, 1.82) is 0 Å². The molecule has 62 valence electrons. The van der Waals surface area contributed by atoms with Crippen molar-refractivity contribution in [2.75, 3.05) is 0 Å². The molecule has 4 heteroatoms. The van der Waals surface area contributed by atoms with E-state index in [1.54, 1.807) is 24.5 Å². The predicted octanol–water partition coefficient (Wildman–Crippen LogP) is 0.979.